The summed E-state index contributed by atoms with van der Waals surface area (Å²) in [5.41, 5.74) is 2.00. The first-order valence-corrected chi connectivity index (χ1v) is 9.72. The molecule has 29 heavy (non-hydrogen) atoms. The van der Waals surface area contributed by atoms with Crippen molar-refractivity contribution >= 4 is 23.2 Å². The van der Waals surface area contributed by atoms with Crippen molar-refractivity contribution in [3.05, 3.63) is 54.1 Å². The zero-order chi connectivity index (χ0) is 21.1. The van der Waals surface area contributed by atoms with Gasteiger partial charge in [0.2, 0.25) is 5.91 Å². The van der Waals surface area contributed by atoms with Crippen LogP contribution >= 0.6 is 0 Å². The van der Waals surface area contributed by atoms with E-state index >= 15 is 0 Å². The van der Waals surface area contributed by atoms with Gasteiger partial charge < -0.3 is 25.0 Å². The van der Waals surface area contributed by atoms with E-state index in [1.165, 1.54) is 0 Å². The topological polar surface area (TPSA) is 79.9 Å². The van der Waals surface area contributed by atoms with Gasteiger partial charge in [0.25, 0.3) is 5.91 Å². The monoisotopic (exact) mass is 399 g/mol. The molecule has 2 aromatic carbocycles. The van der Waals surface area contributed by atoms with Crippen LogP contribution in [0.1, 0.15) is 24.2 Å². The Bertz CT molecular complexity index is 789. The summed E-state index contributed by atoms with van der Waals surface area (Å²) in [7, 11) is 1.62. The first-order chi connectivity index (χ1) is 14.1. The fraction of sp³-hybridized carbons (Fsp3) is 0.364. The molecule has 7 heteroatoms. The molecule has 0 saturated heterocycles. The van der Waals surface area contributed by atoms with Gasteiger partial charge in [-0.1, -0.05) is 6.07 Å². The highest BCUT2D eigenvalue weighted by Gasteiger charge is 2.12. The van der Waals surface area contributed by atoms with Crippen molar-refractivity contribution in [2.75, 3.05) is 50.6 Å². The number of ether oxygens (including phenoxy) is 2. The summed E-state index contributed by atoms with van der Waals surface area (Å²) in [6.45, 7) is 6.30. The number of benzene rings is 2. The number of hydrogen-bond acceptors (Lipinski definition) is 5. The van der Waals surface area contributed by atoms with Gasteiger partial charge in [0.15, 0.2) is 0 Å². The van der Waals surface area contributed by atoms with Crippen molar-refractivity contribution in [2.45, 2.75) is 13.8 Å². The lowest BCUT2D eigenvalue weighted by molar-refractivity contribution is -0.114. The highest BCUT2D eigenvalue weighted by Crippen LogP contribution is 2.16. The molecule has 0 bridgehead atoms. The molecule has 0 atom stereocenters. The molecular formula is C22H29N3O4. The summed E-state index contributed by atoms with van der Waals surface area (Å²) in [6, 6.07) is 14.3. The molecule has 0 aliphatic rings. The van der Waals surface area contributed by atoms with Crippen molar-refractivity contribution in [1.29, 1.82) is 0 Å². The van der Waals surface area contributed by atoms with Gasteiger partial charge >= 0.3 is 0 Å². The minimum Gasteiger partial charge on any atom is -0.491 e. The van der Waals surface area contributed by atoms with E-state index in [9.17, 15) is 9.59 Å². The summed E-state index contributed by atoms with van der Waals surface area (Å²) >= 11 is 0. The van der Waals surface area contributed by atoms with Crippen LogP contribution in [0, 0.1) is 0 Å². The van der Waals surface area contributed by atoms with E-state index in [4.69, 9.17) is 9.47 Å². The molecule has 156 valence electrons. The van der Waals surface area contributed by atoms with Crippen molar-refractivity contribution in [1.82, 2.24) is 4.90 Å². The van der Waals surface area contributed by atoms with Crippen LogP contribution in [0.4, 0.5) is 11.4 Å². The van der Waals surface area contributed by atoms with Crippen LogP contribution in [0.2, 0.25) is 0 Å². The lowest BCUT2D eigenvalue weighted by atomic mass is 10.1. The van der Waals surface area contributed by atoms with E-state index in [2.05, 4.69) is 10.6 Å². The van der Waals surface area contributed by atoms with E-state index in [1.54, 1.807) is 54.5 Å². The Morgan fingerprint density at radius 3 is 2.34 bits per heavy atom. The van der Waals surface area contributed by atoms with Gasteiger partial charge in [-0.3, -0.25) is 9.59 Å². The van der Waals surface area contributed by atoms with Gasteiger partial charge in [0.1, 0.15) is 12.4 Å². The van der Waals surface area contributed by atoms with Crippen LogP contribution < -0.4 is 15.4 Å². The van der Waals surface area contributed by atoms with Crippen LogP contribution in [0.3, 0.4) is 0 Å². The Labute approximate surface area is 172 Å². The lowest BCUT2D eigenvalue weighted by Gasteiger charge is -2.19. The largest absolute Gasteiger partial charge is 0.491 e. The standard InChI is InChI=1S/C22H29N3O4/c1-4-25(5-2)22(27)17-7-6-8-19(15-17)23-16-21(26)24-18-9-11-20(12-10-18)29-14-13-28-3/h6-12,15,23H,4-5,13-14,16H2,1-3H3,(H,24,26). The third-order valence-corrected chi connectivity index (χ3v) is 4.31. The number of hydrogen-bond donors (Lipinski definition) is 2. The average molecular weight is 399 g/mol. The van der Waals surface area contributed by atoms with E-state index in [0.717, 1.165) is 5.69 Å². The second-order valence-corrected chi connectivity index (χ2v) is 6.33. The predicted molar refractivity (Wildman–Crippen MR) is 115 cm³/mol. The number of nitrogens with zero attached hydrogens (tertiary/aromatic N) is 1. The summed E-state index contributed by atoms with van der Waals surface area (Å²) in [6.07, 6.45) is 0. The average Bonchev–Trinajstić information content (AvgIpc) is 2.75. The number of nitrogens with one attached hydrogen (secondary N) is 2. The molecule has 0 aliphatic heterocycles. The zero-order valence-corrected chi connectivity index (χ0v) is 17.2. The Kier molecular flexibility index (Phi) is 8.98. The predicted octanol–water partition coefficient (Wildman–Crippen LogP) is 3.24. The van der Waals surface area contributed by atoms with E-state index < -0.39 is 0 Å². The normalized spacial score (nSPS) is 10.3. The Morgan fingerprint density at radius 2 is 1.69 bits per heavy atom. The smallest absolute Gasteiger partial charge is 0.253 e. The molecule has 0 spiro atoms. The maximum Gasteiger partial charge on any atom is 0.253 e. The number of carbonyl (C=O) groups is 2. The number of carbonyl (C=O) groups excluding carboxylic acids is 2. The van der Waals surface area contributed by atoms with Crippen molar-refractivity contribution in [2.24, 2.45) is 0 Å². The molecular weight excluding hydrogens is 370 g/mol. The number of anilines is 2. The Balaban J connectivity index is 1.86. The molecule has 0 radical (unpaired) electrons. The lowest BCUT2D eigenvalue weighted by Crippen LogP contribution is -2.30. The van der Waals surface area contributed by atoms with Crippen LogP contribution in [0.5, 0.6) is 5.75 Å². The third kappa shape index (κ3) is 7.12. The van der Waals surface area contributed by atoms with Gasteiger partial charge in [0, 0.05) is 37.1 Å². The Hall–Kier alpha value is -3.06. The molecule has 7 nitrogen and oxygen atoms in total. The maximum atomic E-state index is 12.5. The second kappa shape index (κ2) is 11.7. The van der Waals surface area contributed by atoms with Crippen molar-refractivity contribution in [3.8, 4) is 5.75 Å². The van der Waals surface area contributed by atoms with Crippen LogP contribution in [0.15, 0.2) is 48.5 Å². The minimum atomic E-state index is -0.182. The van der Waals surface area contributed by atoms with Crippen molar-refractivity contribution < 1.29 is 19.1 Å². The minimum absolute atomic E-state index is 0.0177. The highest BCUT2D eigenvalue weighted by atomic mass is 16.5. The Morgan fingerprint density at radius 1 is 0.966 bits per heavy atom. The van der Waals surface area contributed by atoms with Gasteiger partial charge in [0.05, 0.1) is 13.2 Å². The van der Waals surface area contributed by atoms with E-state index in [-0.39, 0.29) is 18.4 Å². The van der Waals surface area contributed by atoms with Gasteiger partial charge in [-0.2, -0.15) is 0 Å². The number of methoxy groups -OCH3 is 1. The molecule has 2 amide bonds. The van der Waals surface area contributed by atoms with Crippen molar-refractivity contribution in [3.63, 3.8) is 0 Å². The van der Waals surface area contributed by atoms with Gasteiger partial charge in [-0.25, -0.2) is 0 Å². The maximum absolute atomic E-state index is 12.5. The molecule has 0 aromatic heterocycles. The van der Waals surface area contributed by atoms with Crippen LogP contribution in [0.25, 0.3) is 0 Å². The zero-order valence-electron chi connectivity index (χ0n) is 17.2. The first-order valence-electron chi connectivity index (χ1n) is 9.72. The summed E-state index contributed by atoms with van der Waals surface area (Å²) in [5.74, 6) is 0.516. The second-order valence-electron chi connectivity index (χ2n) is 6.33. The van der Waals surface area contributed by atoms with E-state index in [0.29, 0.717) is 43.3 Å². The molecule has 0 unspecified atom stereocenters. The molecule has 2 rings (SSSR count). The van der Waals surface area contributed by atoms with Crippen LogP contribution in [-0.2, 0) is 9.53 Å². The molecule has 0 saturated carbocycles. The van der Waals surface area contributed by atoms with E-state index in [1.807, 2.05) is 19.9 Å². The highest BCUT2D eigenvalue weighted by molar-refractivity contribution is 5.96. The molecule has 0 fully saturated rings. The first kappa shape index (κ1) is 22.2. The molecule has 0 heterocycles. The quantitative estimate of drug-likeness (QED) is 0.567. The number of rotatable bonds is 11. The molecule has 0 aliphatic carbocycles. The fourth-order valence-corrected chi connectivity index (χ4v) is 2.72. The summed E-state index contributed by atoms with van der Waals surface area (Å²) in [5, 5.41) is 5.88. The SMILES string of the molecule is CCN(CC)C(=O)c1cccc(NCC(=O)Nc2ccc(OCCOC)cc2)c1. The third-order valence-electron chi connectivity index (χ3n) is 4.31. The van der Waals surface area contributed by atoms with Gasteiger partial charge in [-0.15, -0.1) is 0 Å². The number of amides is 2. The van der Waals surface area contributed by atoms with Crippen LogP contribution in [-0.4, -0.2) is 56.7 Å². The molecule has 2 N–H and O–H groups in total. The summed E-state index contributed by atoms with van der Waals surface area (Å²) in [4.78, 5) is 26.4. The fourth-order valence-electron chi connectivity index (χ4n) is 2.72. The molecule has 2 aromatic rings. The van der Waals surface area contributed by atoms with Gasteiger partial charge in [-0.05, 0) is 56.3 Å². The summed E-state index contributed by atoms with van der Waals surface area (Å²) < 4.78 is 10.4.